The molecule has 0 atom stereocenters. The Bertz CT molecular complexity index is 952. The van der Waals surface area contributed by atoms with Crippen LogP contribution in [-0.4, -0.2) is 63.5 Å². The number of benzene rings is 1. The summed E-state index contributed by atoms with van der Waals surface area (Å²) in [4.78, 5) is 10.6. The fraction of sp³-hybridized carbons (Fsp3) is 0.429. The zero-order valence-electron chi connectivity index (χ0n) is 18.0. The maximum atomic E-state index is 13.0. The van der Waals surface area contributed by atoms with Crippen molar-refractivity contribution in [3.05, 3.63) is 60.2 Å². The fourth-order valence-electron chi connectivity index (χ4n) is 3.43. The summed E-state index contributed by atoms with van der Waals surface area (Å²) in [5, 5.41) is 6.55. The van der Waals surface area contributed by atoms with Crippen LogP contribution in [0.5, 0.6) is 0 Å². The van der Waals surface area contributed by atoms with Gasteiger partial charge in [0.2, 0.25) is 10.0 Å². The summed E-state index contributed by atoms with van der Waals surface area (Å²) >= 11 is 0. The lowest BCUT2D eigenvalue weighted by Gasteiger charge is -2.33. The summed E-state index contributed by atoms with van der Waals surface area (Å²) in [5.41, 5.74) is 1.11. The van der Waals surface area contributed by atoms with E-state index in [1.54, 1.807) is 13.1 Å². The van der Waals surface area contributed by atoms with Crippen molar-refractivity contribution in [1.82, 2.24) is 25.2 Å². The second-order valence-electron chi connectivity index (χ2n) is 7.41. The van der Waals surface area contributed by atoms with Crippen LogP contribution >= 0.6 is 24.0 Å². The first-order valence-corrected chi connectivity index (χ1v) is 11.8. The van der Waals surface area contributed by atoms with Crippen molar-refractivity contribution < 1.29 is 12.8 Å². The van der Waals surface area contributed by atoms with Gasteiger partial charge in [0.1, 0.15) is 10.7 Å². The molecule has 0 saturated carbocycles. The molecule has 0 radical (unpaired) electrons. The molecular weight excluding hydrogens is 546 g/mol. The molecular formula is C21H30FIN6O2S. The molecule has 0 aliphatic carbocycles. The molecule has 11 heteroatoms. The van der Waals surface area contributed by atoms with E-state index in [1.807, 2.05) is 12.1 Å². The number of aliphatic imine (C=N–C) groups is 1. The van der Waals surface area contributed by atoms with E-state index in [4.69, 9.17) is 0 Å². The van der Waals surface area contributed by atoms with Gasteiger partial charge in [-0.3, -0.25) is 14.9 Å². The van der Waals surface area contributed by atoms with Crippen LogP contribution in [0.1, 0.15) is 18.4 Å². The molecule has 8 nitrogen and oxygen atoms in total. The van der Waals surface area contributed by atoms with E-state index in [0.29, 0.717) is 18.5 Å². The number of pyridine rings is 1. The predicted molar refractivity (Wildman–Crippen MR) is 134 cm³/mol. The SMILES string of the molecule is CN=C(NCCNS(=O)(=O)c1cccnc1)NC1CCN(Cc2ccc(F)cc2)CC1.I. The maximum Gasteiger partial charge on any atom is 0.242 e. The number of hydrogen-bond donors (Lipinski definition) is 3. The predicted octanol–water partition coefficient (Wildman–Crippen LogP) is 1.95. The highest BCUT2D eigenvalue weighted by Crippen LogP contribution is 2.14. The summed E-state index contributed by atoms with van der Waals surface area (Å²) in [5.74, 6) is 0.438. The lowest BCUT2D eigenvalue weighted by atomic mass is 10.0. The molecule has 1 aliphatic rings. The number of aromatic nitrogens is 1. The van der Waals surface area contributed by atoms with Crippen molar-refractivity contribution in [3.63, 3.8) is 0 Å². The number of nitrogens with one attached hydrogen (secondary N) is 3. The summed E-state index contributed by atoms with van der Waals surface area (Å²) in [6, 6.07) is 10.0. The van der Waals surface area contributed by atoms with Gasteiger partial charge in [-0.1, -0.05) is 12.1 Å². The second kappa shape index (κ2) is 13.0. The molecule has 0 unspecified atom stereocenters. The monoisotopic (exact) mass is 576 g/mol. The fourth-order valence-corrected chi connectivity index (χ4v) is 4.42. The van der Waals surface area contributed by atoms with Crippen LogP contribution in [0.4, 0.5) is 4.39 Å². The van der Waals surface area contributed by atoms with Crippen LogP contribution in [-0.2, 0) is 16.6 Å². The van der Waals surface area contributed by atoms with Crippen LogP contribution in [0, 0.1) is 5.82 Å². The van der Waals surface area contributed by atoms with Gasteiger partial charge in [-0.15, -0.1) is 24.0 Å². The average Bonchev–Trinajstić information content (AvgIpc) is 2.79. The molecule has 1 saturated heterocycles. The molecule has 2 heterocycles. The van der Waals surface area contributed by atoms with E-state index < -0.39 is 10.0 Å². The minimum Gasteiger partial charge on any atom is -0.355 e. The third-order valence-electron chi connectivity index (χ3n) is 5.13. The molecule has 1 fully saturated rings. The number of nitrogens with zero attached hydrogens (tertiary/aromatic N) is 3. The number of rotatable bonds is 8. The molecule has 0 amide bonds. The Morgan fingerprint density at radius 3 is 2.53 bits per heavy atom. The van der Waals surface area contributed by atoms with Crippen LogP contribution in [0.15, 0.2) is 58.7 Å². The summed E-state index contributed by atoms with van der Waals surface area (Å²) in [6.45, 7) is 3.33. The standard InChI is InChI=1S/C21H29FN6O2S.HI/c1-23-21(25-11-12-26-31(29,30)20-3-2-10-24-15-20)27-19-8-13-28(14-9-19)16-17-4-6-18(22)7-5-17;/h2-7,10,15,19,26H,8-9,11-14,16H2,1H3,(H2,23,25,27);1H. The van der Waals surface area contributed by atoms with Gasteiger partial charge in [0.25, 0.3) is 0 Å². The molecule has 3 rings (SSSR count). The third kappa shape index (κ3) is 8.26. The molecule has 0 spiro atoms. The number of guanidine groups is 1. The Labute approximate surface area is 206 Å². The number of piperidine rings is 1. The number of sulfonamides is 1. The highest BCUT2D eigenvalue weighted by atomic mass is 127. The van der Waals surface area contributed by atoms with Gasteiger partial charge in [0, 0.05) is 58.2 Å². The van der Waals surface area contributed by atoms with Gasteiger partial charge in [-0.25, -0.2) is 17.5 Å². The first-order chi connectivity index (χ1) is 15.0. The topological polar surface area (TPSA) is 98.7 Å². The van der Waals surface area contributed by atoms with Crippen molar-refractivity contribution in [3.8, 4) is 0 Å². The summed E-state index contributed by atoms with van der Waals surface area (Å²) < 4.78 is 40.0. The van der Waals surface area contributed by atoms with Crippen molar-refractivity contribution in [2.75, 3.05) is 33.2 Å². The van der Waals surface area contributed by atoms with Crippen molar-refractivity contribution in [1.29, 1.82) is 0 Å². The Kier molecular flexibility index (Phi) is 10.7. The average molecular weight is 576 g/mol. The van der Waals surface area contributed by atoms with E-state index in [0.717, 1.165) is 38.0 Å². The van der Waals surface area contributed by atoms with Crippen LogP contribution in [0.3, 0.4) is 0 Å². The van der Waals surface area contributed by atoms with E-state index in [9.17, 15) is 12.8 Å². The molecule has 32 heavy (non-hydrogen) atoms. The third-order valence-corrected chi connectivity index (χ3v) is 6.57. The molecule has 1 aromatic carbocycles. The minimum absolute atomic E-state index is 0. The van der Waals surface area contributed by atoms with Crippen molar-refractivity contribution in [2.45, 2.75) is 30.3 Å². The first kappa shape index (κ1) is 26.4. The molecule has 2 aromatic rings. The van der Waals surface area contributed by atoms with E-state index in [1.165, 1.54) is 30.6 Å². The van der Waals surface area contributed by atoms with Crippen molar-refractivity contribution in [2.24, 2.45) is 4.99 Å². The number of halogens is 2. The number of hydrogen-bond acceptors (Lipinski definition) is 5. The quantitative estimate of drug-likeness (QED) is 0.193. The Morgan fingerprint density at radius 1 is 1.19 bits per heavy atom. The van der Waals surface area contributed by atoms with Crippen molar-refractivity contribution >= 4 is 40.0 Å². The largest absolute Gasteiger partial charge is 0.355 e. The number of likely N-dealkylation sites (tertiary alicyclic amines) is 1. The van der Waals surface area contributed by atoms with Crippen LogP contribution in [0.25, 0.3) is 0 Å². The smallest absolute Gasteiger partial charge is 0.242 e. The summed E-state index contributed by atoms with van der Waals surface area (Å²) in [7, 11) is -1.87. The van der Waals surface area contributed by atoms with Gasteiger partial charge in [0.15, 0.2) is 5.96 Å². The van der Waals surface area contributed by atoms with Gasteiger partial charge in [0.05, 0.1) is 0 Å². The molecule has 1 aliphatic heterocycles. The Balaban J connectivity index is 0.00000363. The zero-order valence-corrected chi connectivity index (χ0v) is 21.1. The zero-order chi connectivity index (χ0) is 22.1. The Hall–Kier alpha value is -1.83. The highest BCUT2D eigenvalue weighted by Gasteiger charge is 2.20. The first-order valence-electron chi connectivity index (χ1n) is 10.3. The molecule has 0 bridgehead atoms. The van der Waals surface area contributed by atoms with E-state index in [-0.39, 0.29) is 41.2 Å². The van der Waals surface area contributed by atoms with Gasteiger partial charge >= 0.3 is 0 Å². The van der Waals surface area contributed by atoms with Crippen LogP contribution in [0.2, 0.25) is 0 Å². The minimum atomic E-state index is -3.57. The van der Waals surface area contributed by atoms with E-state index >= 15 is 0 Å². The highest BCUT2D eigenvalue weighted by molar-refractivity contribution is 14.0. The lowest BCUT2D eigenvalue weighted by Crippen LogP contribution is -2.49. The molecule has 1 aromatic heterocycles. The summed E-state index contributed by atoms with van der Waals surface area (Å²) in [6.07, 6.45) is 4.78. The van der Waals surface area contributed by atoms with E-state index in [2.05, 4.69) is 30.2 Å². The molecule has 176 valence electrons. The lowest BCUT2D eigenvalue weighted by molar-refractivity contribution is 0.198. The molecule has 3 N–H and O–H groups in total. The maximum absolute atomic E-state index is 13.0. The van der Waals surface area contributed by atoms with Gasteiger partial charge in [-0.05, 0) is 42.7 Å². The van der Waals surface area contributed by atoms with Crippen LogP contribution < -0.4 is 15.4 Å². The Morgan fingerprint density at radius 2 is 1.91 bits per heavy atom. The normalized spacial score (nSPS) is 15.8. The van der Waals surface area contributed by atoms with Gasteiger partial charge in [-0.2, -0.15) is 0 Å². The second-order valence-corrected chi connectivity index (χ2v) is 9.17. The van der Waals surface area contributed by atoms with Gasteiger partial charge < -0.3 is 10.6 Å².